The Balaban J connectivity index is 2.29. The quantitative estimate of drug-likeness (QED) is 0.823. The van der Waals surface area contributed by atoms with Crippen LogP contribution in [0.5, 0.6) is 5.75 Å². The summed E-state index contributed by atoms with van der Waals surface area (Å²) in [6.07, 6.45) is 4.72. The molecule has 2 N–H and O–H groups in total. The Bertz CT molecular complexity index is 520. The number of anilines is 1. The van der Waals surface area contributed by atoms with Crippen molar-refractivity contribution in [1.29, 1.82) is 0 Å². The highest BCUT2D eigenvalue weighted by Crippen LogP contribution is 2.23. The second kappa shape index (κ2) is 5.58. The van der Waals surface area contributed by atoms with Crippen LogP contribution < -0.4 is 10.5 Å². The monoisotopic (exact) mass is 245 g/mol. The summed E-state index contributed by atoms with van der Waals surface area (Å²) in [6, 6.07) is 5.75. The van der Waals surface area contributed by atoms with Gasteiger partial charge in [-0.1, -0.05) is 6.92 Å². The van der Waals surface area contributed by atoms with Crippen molar-refractivity contribution >= 4 is 5.69 Å². The molecule has 0 saturated heterocycles. The van der Waals surface area contributed by atoms with Crippen LogP contribution in [-0.4, -0.2) is 16.2 Å². The number of imidazole rings is 1. The zero-order valence-corrected chi connectivity index (χ0v) is 10.9. The van der Waals surface area contributed by atoms with Crippen LogP contribution in [0.3, 0.4) is 0 Å². The Hall–Kier alpha value is -1.97. The minimum atomic E-state index is 0.654. The van der Waals surface area contributed by atoms with Crippen LogP contribution >= 0.6 is 0 Å². The Morgan fingerprint density at radius 2 is 2.17 bits per heavy atom. The molecule has 4 nitrogen and oxygen atoms in total. The van der Waals surface area contributed by atoms with Gasteiger partial charge < -0.3 is 15.0 Å². The van der Waals surface area contributed by atoms with E-state index in [2.05, 4.69) is 16.5 Å². The average molecular weight is 245 g/mol. The fourth-order valence-electron chi connectivity index (χ4n) is 2.00. The minimum absolute atomic E-state index is 0.654. The molecule has 0 aliphatic carbocycles. The van der Waals surface area contributed by atoms with E-state index in [1.807, 2.05) is 37.5 Å². The van der Waals surface area contributed by atoms with Gasteiger partial charge in [-0.05, 0) is 25.1 Å². The molecule has 0 saturated carbocycles. The van der Waals surface area contributed by atoms with Crippen molar-refractivity contribution in [3.8, 4) is 5.75 Å². The minimum Gasteiger partial charge on any atom is -0.494 e. The summed E-state index contributed by atoms with van der Waals surface area (Å²) in [5, 5.41) is 0. The van der Waals surface area contributed by atoms with Crippen molar-refractivity contribution in [2.24, 2.45) is 0 Å². The third-order valence-corrected chi connectivity index (χ3v) is 2.84. The summed E-state index contributed by atoms with van der Waals surface area (Å²) >= 11 is 0. The van der Waals surface area contributed by atoms with Crippen LogP contribution in [0.1, 0.15) is 25.2 Å². The molecule has 0 unspecified atom stereocenters. The standard InChI is InChI=1S/C14H19N3O/c1-3-14-16-7-8-17(14)10-11-9-12(15)5-6-13(11)18-4-2/h5-9H,3-4,10,15H2,1-2H3. The van der Waals surface area contributed by atoms with Gasteiger partial charge in [0.15, 0.2) is 0 Å². The normalized spacial score (nSPS) is 10.6. The lowest BCUT2D eigenvalue weighted by Crippen LogP contribution is -2.06. The van der Waals surface area contributed by atoms with Gasteiger partial charge in [-0.15, -0.1) is 0 Å². The molecule has 96 valence electrons. The van der Waals surface area contributed by atoms with E-state index >= 15 is 0 Å². The highest BCUT2D eigenvalue weighted by atomic mass is 16.5. The van der Waals surface area contributed by atoms with E-state index in [1.165, 1.54) is 0 Å². The van der Waals surface area contributed by atoms with E-state index in [1.54, 1.807) is 0 Å². The molecule has 1 heterocycles. The van der Waals surface area contributed by atoms with E-state index in [9.17, 15) is 0 Å². The van der Waals surface area contributed by atoms with Crippen molar-refractivity contribution in [2.45, 2.75) is 26.8 Å². The molecule has 2 aromatic rings. The predicted molar refractivity (Wildman–Crippen MR) is 72.7 cm³/mol. The van der Waals surface area contributed by atoms with Crippen LogP contribution in [0.4, 0.5) is 5.69 Å². The molecule has 0 aliphatic rings. The largest absolute Gasteiger partial charge is 0.494 e. The molecule has 0 aliphatic heterocycles. The molecule has 0 bridgehead atoms. The number of hydrogen-bond acceptors (Lipinski definition) is 3. The smallest absolute Gasteiger partial charge is 0.124 e. The molecular formula is C14H19N3O. The van der Waals surface area contributed by atoms with Gasteiger partial charge in [0, 0.05) is 30.1 Å². The fourth-order valence-corrected chi connectivity index (χ4v) is 2.00. The zero-order valence-electron chi connectivity index (χ0n) is 10.9. The van der Waals surface area contributed by atoms with Crippen LogP contribution in [0.15, 0.2) is 30.6 Å². The van der Waals surface area contributed by atoms with E-state index in [0.29, 0.717) is 6.61 Å². The summed E-state index contributed by atoms with van der Waals surface area (Å²) in [7, 11) is 0. The number of nitrogens with two attached hydrogens (primary N) is 1. The first kappa shape index (κ1) is 12.5. The molecule has 4 heteroatoms. The van der Waals surface area contributed by atoms with E-state index in [-0.39, 0.29) is 0 Å². The highest BCUT2D eigenvalue weighted by molar-refractivity contribution is 5.48. The van der Waals surface area contributed by atoms with Crippen molar-refractivity contribution < 1.29 is 4.74 Å². The number of nitrogen functional groups attached to an aromatic ring is 1. The van der Waals surface area contributed by atoms with Gasteiger partial charge in [0.05, 0.1) is 13.2 Å². The van der Waals surface area contributed by atoms with Gasteiger partial charge in [0.1, 0.15) is 11.6 Å². The maximum atomic E-state index is 5.84. The first-order chi connectivity index (χ1) is 8.74. The molecule has 18 heavy (non-hydrogen) atoms. The molecule has 0 amide bonds. The number of nitrogens with zero attached hydrogens (tertiary/aromatic N) is 2. The molecule has 0 spiro atoms. The molecule has 0 atom stereocenters. The second-order valence-electron chi connectivity index (χ2n) is 4.13. The van der Waals surface area contributed by atoms with Gasteiger partial charge in [0.25, 0.3) is 0 Å². The van der Waals surface area contributed by atoms with Gasteiger partial charge in [-0.25, -0.2) is 4.98 Å². The van der Waals surface area contributed by atoms with Gasteiger partial charge in [-0.2, -0.15) is 0 Å². The lowest BCUT2D eigenvalue weighted by atomic mass is 10.1. The molecule has 1 aromatic heterocycles. The van der Waals surface area contributed by atoms with Crippen molar-refractivity contribution in [3.05, 3.63) is 42.0 Å². The maximum Gasteiger partial charge on any atom is 0.124 e. The van der Waals surface area contributed by atoms with E-state index < -0.39 is 0 Å². The fraction of sp³-hybridized carbons (Fsp3) is 0.357. The summed E-state index contributed by atoms with van der Waals surface area (Å²) in [4.78, 5) is 4.32. The predicted octanol–water partition coefficient (Wildman–Crippen LogP) is 2.47. The van der Waals surface area contributed by atoms with Crippen LogP contribution in [0.2, 0.25) is 0 Å². The molecule has 0 radical (unpaired) electrons. The van der Waals surface area contributed by atoms with Crippen molar-refractivity contribution in [1.82, 2.24) is 9.55 Å². The summed E-state index contributed by atoms with van der Waals surface area (Å²) < 4.78 is 7.75. The van der Waals surface area contributed by atoms with Gasteiger partial charge in [-0.3, -0.25) is 0 Å². The van der Waals surface area contributed by atoms with Gasteiger partial charge in [0.2, 0.25) is 0 Å². The number of aromatic nitrogens is 2. The molecule has 0 fully saturated rings. The number of aryl methyl sites for hydroxylation is 1. The third kappa shape index (κ3) is 2.64. The molecule has 1 aromatic carbocycles. The lowest BCUT2D eigenvalue weighted by molar-refractivity contribution is 0.335. The summed E-state index contributed by atoms with van der Waals surface area (Å²) in [6.45, 7) is 5.47. The average Bonchev–Trinajstić information content (AvgIpc) is 2.80. The first-order valence-electron chi connectivity index (χ1n) is 6.25. The Morgan fingerprint density at radius 3 is 2.89 bits per heavy atom. The third-order valence-electron chi connectivity index (χ3n) is 2.84. The topological polar surface area (TPSA) is 53.1 Å². The van der Waals surface area contributed by atoms with Crippen molar-refractivity contribution in [3.63, 3.8) is 0 Å². The zero-order chi connectivity index (χ0) is 13.0. The Morgan fingerprint density at radius 1 is 1.33 bits per heavy atom. The maximum absolute atomic E-state index is 5.84. The second-order valence-corrected chi connectivity index (χ2v) is 4.13. The highest BCUT2D eigenvalue weighted by Gasteiger charge is 2.07. The molecule has 2 rings (SSSR count). The summed E-state index contributed by atoms with van der Waals surface area (Å²) in [5.74, 6) is 1.96. The number of ether oxygens (including phenoxy) is 1. The van der Waals surface area contributed by atoms with E-state index in [0.717, 1.165) is 35.8 Å². The van der Waals surface area contributed by atoms with Crippen LogP contribution in [0.25, 0.3) is 0 Å². The molecular weight excluding hydrogens is 226 g/mol. The van der Waals surface area contributed by atoms with Crippen molar-refractivity contribution in [2.75, 3.05) is 12.3 Å². The number of rotatable bonds is 5. The van der Waals surface area contributed by atoms with E-state index in [4.69, 9.17) is 10.5 Å². The lowest BCUT2D eigenvalue weighted by Gasteiger charge is -2.13. The van der Waals surface area contributed by atoms with Gasteiger partial charge >= 0.3 is 0 Å². The SMILES string of the molecule is CCOc1ccc(N)cc1Cn1ccnc1CC. The summed E-state index contributed by atoms with van der Waals surface area (Å²) in [5.41, 5.74) is 7.69. The Labute approximate surface area is 107 Å². The van der Waals surface area contributed by atoms with Crippen LogP contribution in [-0.2, 0) is 13.0 Å². The Kier molecular flexibility index (Phi) is 3.87. The first-order valence-corrected chi connectivity index (χ1v) is 6.25. The number of hydrogen-bond donors (Lipinski definition) is 1. The van der Waals surface area contributed by atoms with Crippen LogP contribution in [0, 0.1) is 0 Å². The number of benzene rings is 1.